The van der Waals surface area contributed by atoms with Crippen LogP contribution in [0.2, 0.25) is 0 Å². The van der Waals surface area contributed by atoms with Crippen LogP contribution in [0.3, 0.4) is 0 Å². The molecule has 0 atom stereocenters. The number of halogens is 1. The Bertz CT molecular complexity index is 589. The summed E-state index contributed by atoms with van der Waals surface area (Å²) in [5, 5.41) is 4.07. The number of para-hydroxylation sites is 1. The molecule has 0 fully saturated rings. The van der Waals surface area contributed by atoms with Crippen LogP contribution in [-0.4, -0.2) is 26.8 Å². The Balaban J connectivity index is 1.96. The molecule has 0 saturated heterocycles. The number of hydrogen-bond donors (Lipinski definition) is 1. The molecule has 2 rings (SSSR count). The van der Waals surface area contributed by atoms with Crippen molar-refractivity contribution in [3.8, 4) is 0 Å². The molecule has 0 amide bonds. The SMILES string of the molecule is COCCNCC/C=C(/C)c1cc2cccc(F)c2o1. The molecule has 0 aliphatic heterocycles. The van der Waals surface area contributed by atoms with E-state index in [1.54, 1.807) is 13.2 Å². The van der Waals surface area contributed by atoms with Crippen LogP contribution in [0.5, 0.6) is 0 Å². The topological polar surface area (TPSA) is 34.4 Å². The first-order valence-electron chi connectivity index (χ1n) is 6.77. The van der Waals surface area contributed by atoms with Gasteiger partial charge in [-0.2, -0.15) is 0 Å². The summed E-state index contributed by atoms with van der Waals surface area (Å²) < 4.78 is 24.1. The molecule has 0 aliphatic rings. The normalized spacial score (nSPS) is 12.2. The van der Waals surface area contributed by atoms with E-state index >= 15 is 0 Å². The number of benzene rings is 1. The molecule has 3 nitrogen and oxygen atoms in total. The molecular formula is C16H20FNO2. The van der Waals surface area contributed by atoms with Crippen molar-refractivity contribution in [2.75, 3.05) is 26.8 Å². The van der Waals surface area contributed by atoms with Crippen LogP contribution in [0.1, 0.15) is 19.1 Å². The van der Waals surface area contributed by atoms with Crippen LogP contribution in [0.25, 0.3) is 16.5 Å². The van der Waals surface area contributed by atoms with E-state index in [1.807, 2.05) is 19.1 Å². The lowest BCUT2D eigenvalue weighted by molar-refractivity contribution is 0.199. The van der Waals surface area contributed by atoms with Gasteiger partial charge in [0.25, 0.3) is 0 Å². The monoisotopic (exact) mass is 277 g/mol. The summed E-state index contributed by atoms with van der Waals surface area (Å²) >= 11 is 0. The van der Waals surface area contributed by atoms with Crippen molar-refractivity contribution in [2.45, 2.75) is 13.3 Å². The summed E-state index contributed by atoms with van der Waals surface area (Å²) in [7, 11) is 1.69. The highest BCUT2D eigenvalue weighted by Gasteiger charge is 2.08. The third-order valence-corrected chi connectivity index (χ3v) is 3.14. The molecule has 1 heterocycles. The zero-order chi connectivity index (χ0) is 14.4. The van der Waals surface area contributed by atoms with E-state index in [4.69, 9.17) is 9.15 Å². The van der Waals surface area contributed by atoms with Crippen molar-refractivity contribution in [3.63, 3.8) is 0 Å². The molecule has 0 bridgehead atoms. The fourth-order valence-electron chi connectivity index (χ4n) is 2.01. The van der Waals surface area contributed by atoms with E-state index in [0.717, 1.165) is 36.2 Å². The molecule has 0 spiro atoms. The van der Waals surface area contributed by atoms with Gasteiger partial charge in [-0.05, 0) is 37.6 Å². The highest BCUT2D eigenvalue weighted by Crippen LogP contribution is 2.26. The fraction of sp³-hybridized carbons (Fsp3) is 0.375. The number of allylic oxidation sites excluding steroid dienone is 1. The maximum Gasteiger partial charge on any atom is 0.170 e. The highest BCUT2D eigenvalue weighted by molar-refractivity contribution is 5.82. The van der Waals surface area contributed by atoms with E-state index in [1.165, 1.54) is 6.07 Å². The van der Waals surface area contributed by atoms with E-state index in [0.29, 0.717) is 12.2 Å². The van der Waals surface area contributed by atoms with Gasteiger partial charge in [-0.15, -0.1) is 0 Å². The molecule has 0 saturated carbocycles. The third-order valence-electron chi connectivity index (χ3n) is 3.14. The first-order chi connectivity index (χ1) is 9.72. The number of hydrogen-bond acceptors (Lipinski definition) is 3. The Labute approximate surface area is 118 Å². The van der Waals surface area contributed by atoms with Crippen molar-refractivity contribution in [1.29, 1.82) is 0 Å². The van der Waals surface area contributed by atoms with E-state index in [2.05, 4.69) is 11.4 Å². The number of fused-ring (bicyclic) bond motifs is 1. The lowest BCUT2D eigenvalue weighted by Gasteiger charge is -2.01. The van der Waals surface area contributed by atoms with Gasteiger partial charge in [0.15, 0.2) is 11.4 Å². The molecule has 1 aromatic carbocycles. The molecule has 4 heteroatoms. The standard InChI is InChI=1S/C16H20FNO2/c1-12(5-4-8-18-9-10-19-2)15-11-13-6-3-7-14(17)16(13)20-15/h3,5-7,11,18H,4,8-10H2,1-2H3/b12-5-. The summed E-state index contributed by atoms with van der Waals surface area (Å²) in [5.74, 6) is 0.407. The van der Waals surface area contributed by atoms with Gasteiger partial charge in [-0.1, -0.05) is 18.2 Å². The quantitative estimate of drug-likeness (QED) is 0.785. The van der Waals surface area contributed by atoms with Crippen LogP contribution in [0, 0.1) is 5.82 Å². The molecule has 0 unspecified atom stereocenters. The molecule has 0 radical (unpaired) electrons. The van der Waals surface area contributed by atoms with Gasteiger partial charge in [0.2, 0.25) is 0 Å². The Morgan fingerprint density at radius 2 is 2.25 bits per heavy atom. The summed E-state index contributed by atoms with van der Waals surface area (Å²) in [6, 6.07) is 6.83. The summed E-state index contributed by atoms with van der Waals surface area (Å²) in [4.78, 5) is 0. The van der Waals surface area contributed by atoms with Crippen molar-refractivity contribution in [2.24, 2.45) is 0 Å². The van der Waals surface area contributed by atoms with Gasteiger partial charge in [-0.3, -0.25) is 0 Å². The summed E-state index contributed by atoms with van der Waals surface area (Å²) in [5.41, 5.74) is 1.35. The molecule has 20 heavy (non-hydrogen) atoms. The Kier molecular flexibility index (Phi) is 5.32. The molecule has 1 aromatic heterocycles. The van der Waals surface area contributed by atoms with Gasteiger partial charge in [-0.25, -0.2) is 4.39 Å². The Hall–Kier alpha value is -1.65. The van der Waals surface area contributed by atoms with Crippen molar-refractivity contribution < 1.29 is 13.5 Å². The number of methoxy groups -OCH3 is 1. The second-order valence-electron chi connectivity index (χ2n) is 4.69. The number of ether oxygens (including phenoxy) is 1. The van der Waals surface area contributed by atoms with Gasteiger partial charge in [0, 0.05) is 19.0 Å². The maximum atomic E-state index is 13.6. The van der Waals surface area contributed by atoms with Crippen molar-refractivity contribution >= 4 is 16.5 Å². The maximum absolute atomic E-state index is 13.6. The van der Waals surface area contributed by atoms with Crippen molar-refractivity contribution in [1.82, 2.24) is 5.32 Å². The zero-order valence-corrected chi connectivity index (χ0v) is 11.9. The minimum absolute atomic E-state index is 0.317. The van der Waals surface area contributed by atoms with Crippen LogP contribution in [0.15, 0.2) is 34.8 Å². The lowest BCUT2D eigenvalue weighted by Crippen LogP contribution is -2.19. The average Bonchev–Trinajstić information content (AvgIpc) is 2.88. The van der Waals surface area contributed by atoms with Gasteiger partial charge in [0.05, 0.1) is 6.61 Å². The van der Waals surface area contributed by atoms with Gasteiger partial charge in [0.1, 0.15) is 5.76 Å². The second-order valence-corrected chi connectivity index (χ2v) is 4.69. The predicted molar refractivity (Wildman–Crippen MR) is 79.2 cm³/mol. The fourth-order valence-corrected chi connectivity index (χ4v) is 2.01. The zero-order valence-electron chi connectivity index (χ0n) is 11.9. The largest absolute Gasteiger partial charge is 0.453 e. The second kappa shape index (κ2) is 7.22. The van der Waals surface area contributed by atoms with E-state index < -0.39 is 0 Å². The molecule has 108 valence electrons. The van der Waals surface area contributed by atoms with Gasteiger partial charge < -0.3 is 14.5 Å². The van der Waals surface area contributed by atoms with Crippen molar-refractivity contribution in [3.05, 3.63) is 41.9 Å². The van der Waals surface area contributed by atoms with Crippen LogP contribution < -0.4 is 5.32 Å². The van der Waals surface area contributed by atoms with E-state index in [-0.39, 0.29) is 5.82 Å². The van der Waals surface area contributed by atoms with Gasteiger partial charge >= 0.3 is 0 Å². The Morgan fingerprint density at radius 1 is 1.40 bits per heavy atom. The lowest BCUT2D eigenvalue weighted by atomic mass is 10.1. The number of nitrogens with one attached hydrogen (secondary N) is 1. The van der Waals surface area contributed by atoms with Crippen LogP contribution in [-0.2, 0) is 4.74 Å². The summed E-state index contributed by atoms with van der Waals surface area (Å²) in [6.45, 7) is 4.42. The molecular weight excluding hydrogens is 257 g/mol. The minimum atomic E-state index is -0.317. The predicted octanol–water partition coefficient (Wildman–Crippen LogP) is 3.60. The average molecular weight is 277 g/mol. The number of furan rings is 1. The Morgan fingerprint density at radius 3 is 3.00 bits per heavy atom. The third kappa shape index (κ3) is 3.68. The highest BCUT2D eigenvalue weighted by atomic mass is 19.1. The van der Waals surface area contributed by atoms with E-state index in [9.17, 15) is 4.39 Å². The minimum Gasteiger partial charge on any atom is -0.453 e. The number of rotatable bonds is 7. The molecule has 1 N–H and O–H groups in total. The molecule has 2 aromatic rings. The first-order valence-corrected chi connectivity index (χ1v) is 6.77. The smallest absolute Gasteiger partial charge is 0.170 e. The molecule has 0 aliphatic carbocycles. The van der Waals surface area contributed by atoms with Crippen LogP contribution in [0.4, 0.5) is 4.39 Å². The van der Waals surface area contributed by atoms with Crippen LogP contribution >= 0.6 is 0 Å². The first kappa shape index (κ1) is 14.8. The summed E-state index contributed by atoms with van der Waals surface area (Å²) in [6.07, 6.45) is 2.99.